The molecule has 4 rings (SSSR count). The Morgan fingerprint density at radius 1 is 1.17 bits per heavy atom. The molecule has 3 aromatic heterocycles. The normalized spacial score (nSPS) is 11.1. The number of alkyl halides is 2. The highest BCUT2D eigenvalue weighted by molar-refractivity contribution is 14.1. The Bertz CT molecular complexity index is 1630. The molecule has 3 heterocycles. The number of aryl methyl sites for hydroxylation is 1. The van der Waals surface area contributed by atoms with Gasteiger partial charge in [-0.2, -0.15) is 9.90 Å². The lowest BCUT2D eigenvalue weighted by atomic mass is 9.93. The van der Waals surface area contributed by atoms with Gasteiger partial charge in [-0.05, 0) is 76.2 Å². The third-order valence-electron chi connectivity index (χ3n) is 5.89. The van der Waals surface area contributed by atoms with Crippen LogP contribution in [-0.4, -0.2) is 78.2 Å². The fraction of sp³-hybridized carbons (Fsp3) is 0.280. The van der Waals surface area contributed by atoms with Crippen molar-refractivity contribution in [2.75, 3.05) is 20.7 Å². The van der Waals surface area contributed by atoms with Crippen LogP contribution in [0.25, 0.3) is 5.82 Å². The molecule has 0 bridgehead atoms. The van der Waals surface area contributed by atoms with Crippen LogP contribution in [0.4, 0.5) is 13.6 Å². The summed E-state index contributed by atoms with van der Waals surface area (Å²) in [6.45, 7) is 1.36. The number of Topliss-reactive ketones (excluding diaryl/α,β-unsaturated/α-hetero) is 2. The molecule has 0 N–H and O–H groups in total. The zero-order chi connectivity index (χ0) is 29.8. The van der Waals surface area contributed by atoms with E-state index in [-0.39, 0.29) is 53.1 Å². The molecule has 12 nitrogen and oxygen atoms in total. The van der Waals surface area contributed by atoms with Crippen LogP contribution in [0.1, 0.15) is 49.9 Å². The van der Waals surface area contributed by atoms with E-state index in [1.165, 1.54) is 31.1 Å². The van der Waals surface area contributed by atoms with Gasteiger partial charge in [-0.25, -0.2) is 23.2 Å². The molecule has 0 spiro atoms. The summed E-state index contributed by atoms with van der Waals surface area (Å²) in [5.41, 5.74) is 1.79. The first kappa shape index (κ1) is 30.1. The SMILES string of the molecule is COC(=O)N(C)CC(=O)c1cc(I)cc(C)c1CC(=O)c1cc(Cn2nnc(C(F)F)n2)nn1-c1ncccc1Cl. The number of methoxy groups -OCH3 is 1. The van der Waals surface area contributed by atoms with E-state index in [9.17, 15) is 23.2 Å². The lowest BCUT2D eigenvalue weighted by Gasteiger charge is -2.17. The Balaban J connectivity index is 1.71. The van der Waals surface area contributed by atoms with Crippen LogP contribution in [0, 0.1) is 10.5 Å². The zero-order valence-corrected chi connectivity index (χ0v) is 24.8. The molecule has 0 aliphatic heterocycles. The van der Waals surface area contributed by atoms with Crippen molar-refractivity contribution in [3.8, 4) is 5.82 Å². The van der Waals surface area contributed by atoms with Crippen LogP contribution >= 0.6 is 34.2 Å². The Labute approximate surface area is 250 Å². The fourth-order valence-electron chi connectivity index (χ4n) is 3.98. The number of aromatic nitrogens is 7. The predicted molar refractivity (Wildman–Crippen MR) is 150 cm³/mol. The van der Waals surface area contributed by atoms with Gasteiger partial charge in [-0.15, -0.1) is 10.2 Å². The number of nitrogens with zero attached hydrogens (tertiary/aromatic N) is 8. The number of tetrazole rings is 1. The summed E-state index contributed by atoms with van der Waals surface area (Å²) in [5.74, 6) is -1.38. The number of amides is 1. The van der Waals surface area contributed by atoms with Crippen molar-refractivity contribution in [1.29, 1.82) is 0 Å². The Morgan fingerprint density at radius 3 is 2.59 bits per heavy atom. The van der Waals surface area contributed by atoms with E-state index in [2.05, 4.69) is 52.8 Å². The molecule has 16 heteroatoms. The van der Waals surface area contributed by atoms with Crippen molar-refractivity contribution in [3.63, 3.8) is 0 Å². The van der Waals surface area contributed by atoms with Crippen LogP contribution < -0.4 is 0 Å². The predicted octanol–water partition coefficient (Wildman–Crippen LogP) is 4.11. The highest BCUT2D eigenvalue weighted by Crippen LogP contribution is 2.25. The van der Waals surface area contributed by atoms with E-state index in [1.54, 1.807) is 25.1 Å². The van der Waals surface area contributed by atoms with E-state index in [1.807, 2.05) is 6.07 Å². The van der Waals surface area contributed by atoms with E-state index >= 15 is 0 Å². The molecule has 0 aliphatic rings. The molecule has 4 aromatic rings. The molecule has 214 valence electrons. The number of ether oxygens (including phenoxy) is 1. The minimum Gasteiger partial charge on any atom is -0.453 e. The van der Waals surface area contributed by atoms with Gasteiger partial charge in [-0.3, -0.25) is 9.59 Å². The lowest BCUT2D eigenvalue weighted by molar-refractivity contribution is 0.0908. The maximum atomic E-state index is 13.8. The van der Waals surface area contributed by atoms with Crippen LogP contribution in [0.2, 0.25) is 5.02 Å². The van der Waals surface area contributed by atoms with Gasteiger partial charge in [0.15, 0.2) is 17.4 Å². The van der Waals surface area contributed by atoms with Crippen molar-refractivity contribution in [2.24, 2.45) is 0 Å². The quantitative estimate of drug-likeness (QED) is 0.177. The van der Waals surface area contributed by atoms with Crippen molar-refractivity contribution in [2.45, 2.75) is 26.3 Å². The first-order chi connectivity index (χ1) is 19.5. The summed E-state index contributed by atoms with van der Waals surface area (Å²) >= 11 is 8.42. The molecule has 0 atom stereocenters. The monoisotopic (exact) mass is 698 g/mol. The van der Waals surface area contributed by atoms with E-state index in [4.69, 9.17) is 11.6 Å². The number of halogens is 4. The summed E-state index contributed by atoms with van der Waals surface area (Å²) in [6, 6.07) is 8.12. The van der Waals surface area contributed by atoms with E-state index in [0.29, 0.717) is 11.1 Å². The molecule has 0 unspecified atom stereocenters. The Morgan fingerprint density at radius 2 is 1.93 bits per heavy atom. The van der Waals surface area contributed by atoms with E-state index in [0.717, 1.165) is 13.3 Å². The second kappa shape index (κ2) is 12.8. The number of ketones is 2. The Kier molecular flexibility index (Phi) is 9.37. The van der Waals surface area contributed by atoms with Crippen molar-refractivity contribution in [3.05, 3.63) is 79.0 Å². The number of carbonyl (C=O) groups is 3. The van der Waals surface area contributed by atoms with Crippen LogP contribution in [-0.2, 0) is 17.7 Å². The van der Waals surface area contributed by atoms with Crippen molar-refractivity contribution < 1.29 is 27.9 Å². The highest BCUT2D eigenvalue weighted by atomic mass is 127. The van der Waals surface area contributed by atoms with Gasteiger partial charge in [0.25, 0.3) is 0 Å². The molecule has 0 aliphatic carbocycles. The topological polar surface area (TPSA) is 138 Å². The molecular formula is C25H22ClF2IN8O4. The van der Waals surface area contributed by atoms with Crippen molar-refractivity contribution >= 4 is 51.9 Å². The molecule has 41 heavy (non-hydrogen) atoms. The first-order valence-corrected chi connectivity index (χ1v) is 13.3. The molecule has 0 saturated carbocycles. The third-order valence-corrected chi connectivity index (χ3v) is 6.81. The van der Waals surface area contributed by atoms with Gasteiger partial charge < -0.3 is 9.64 Å². The van der Waals surface area contributed by atoms with Gasteiger partial charge in [0.2, 0.25) is 5.82 Å². The van der Waals surface area contributed by atoms with Crippen LogP contribution in [0.5, 0.6) is 0 Å². The average molecular weight is 699 g/mol. The standard InChI is InChI=1S/C25H22ClF2IN8O4/c1-13-7-14(29)8-17(21(39)12-35(2)25(40)41-3)16(13)10-20(38)19-9-15(11-36-33-23(22(27)28)31-34-36)32-37(19)24-18(26)5-4-6-30-24/h4-9,22H,10-12H2,1-3H3. The molecule has 1 amide bonds. The maximum Gasteiger partial charge on any atom is 0.409 e. The van der Waals surface area contributed by atoms with Crippen LogP contribution in [0.15, 0.2) is 36.5 Å². The number of rotatable bonds is 10. The number of hydrogen-bond donors (Lipinski definition) is 0. The van der Waals surface area contributed by atoms with Gasteiger partial charge in [0, 0.05) is 28.8 Å². The molecule has 1 aromatic carbocycles. The molecule has 0 fully saturated rings. The van der Waals surface area contributed by atoms with E-state index < -0.39 is 24.1 Å². The van der Waals surface area contributed by atoms with Gasteiger partial charge >= 0.3 is 12.5 Å². The number of benzene rings is 1. The van der Waals surface area contributed by atoms with Gasteiger partial charge in [0.05, 0.1) is 24.4 Å². The number of carbonyl (C=O) groups excluding carboxylic acids is 3. The zero-order valence-electron chi connectivity index (χ0n) is 21.9. The summed E-state index contributed by atoms with van der Waals surface area (Å²) in [4.78, 5) is 45.2. The number of pyridine rings is 1. The Hall–Kier alpha value is -3.86. The number of hydrogen-bond acceptors (Lipinski definition) is 9. The minimum atomic E-state index is -2.90. The first-order valence-electron chi connectivity index (χ1n) is 11.9. The fourth-order valence-corrected chi connectivity index (χ4v) is 4.96. The summed E-state index contributed by atoms with van der Waals surface area (Å²) < 4.78 is 32.5. The van der Waals surface area contributed by atoms with Gasteiger partial charge in [0.1, 0.15) is 12.2 Å². The summed E-state index contributed by atoms with van der Waals surface area (Å²) in [7, 11) is 2.64. The molecule has 0 radical (unpaired) electrons. The highest BCUT2D eigenvalue weighted by Gasteiger charge is 2.25. The van der Waals surface area contributed by atoms with Crippen LogP contribution in [0.3, 0.4) is 0 Å². The molecule has 0 saturated heterocycles. The second-order valence-electron chi connectivity index (χ2n) is 8.82. The summed E-state index contributed by atoms with van der Waals surface area (Å²) in [6.07, 6.45) is -2.29. The molecular weight excluding hydrogens is 677 g/mol. The summed E-state index contributed by atoms with van der Waals surface area (Å²) in [5, 5.41) is 15.2. The van der Waals surface area contributed by atoms with Crippen molar-refractivity contribution in [1.82, 2.24) is 39.9 Å². The smallest absolute Gasteiger partial charge is 0.409 e. The average Bonchev–Trinajstić information content (AvgIpc) is 3.57. The maximum absolute atomic E-state index is 13.8. The lowest BCUT2D eigenvalue weighted by Crippen LogP contribution is -2.32. The third kappa shape index (κ3) is 6.90. The second-order valence-corrected chi connectivity index (χ2v) is 10.5. The number of likely N-dealkylation sites (N-methyl/N-ethyl adjacent to an activating group) is 1. The van der Waals surface area contributed by atoms with Gasteiger partial charge in [-0.1, -0.05) is 11.6 Å². The minimum absolute atomic E-state index is 0.0813. The largest absolute Gasteiger partial charge is 0.453 e.